The molecule has 1 rings (SSSR count). The number of nitrogens with zero attached hydrogens (tertiary/aromatic N) is 2. The van der Waals surface area contributed by atoms with Gasteiger partial charge in [-0.3, -0.25) is 9.48 Å². The molecule has 0 fully saturated rings. The summed E-state index contributed by atoms with van der Waals surface area (Å²) in [5.41, 5.74) is 0.830. The number of aliphatic hydroxyl groups excluding tert-OH is 1. The fourth-order valence-corrected chi connectivity index (χ4v) is 1.48. The van der Waals surface area contributed by atoms with Crippen LogP contribution in [0.1, 0.15) is 43.9 Å². The quantitative estimate of drug-likeness (QED) is 0.804. The predicted octanol–water partition coefficient (Wildman–Crippen LogP) is 0.966. The smallest absolute Gasteiger partial charge is 0.270 e. The first kappa shape index (κ1) is 13.7. The molecular formula is C12H21N3O2. The van der Waals surface area contributed by atoms with Crippen LogP contribution in [0.15, 0.2) is 6.07 Å². The number of aryl methyl sites for hydroxylation is 2. The molecule has 1 heterocycles. The van der Waals surface area contributed by atoms with Crippen molar-refractivity contribution in [2.75, 3.05) is 6.61 Å². The standard InChI is InChI=1S/C12H21N3O2/c1-5-9-7-10(15(6-2)14-9)11(17)13-12(3,4)8-16/h7,16H,5-6,8H2,1-4H3,(H,13,17). The van der Waals surface area contributed by atoms with Crippen molar-refractivity contribution in [2.24, 2.45) is 0 Å². The Morgan fingerprint density at radius 3 is 2.65 bits per heavy atom. The molecule has 5 nitrogen and oxygen atoms in total. The normalized spacial score (nSPS) is 11.6. The number of carbonyl (C=O) groups excluding carboxylic acids is 1. The molecule has 0 bridgehead atoms. The zero-order valence-corrected chi connectivity index (χ0v) is 10.9. The van der Waals surface area contributed by atoms with E-state index in [4.69, 9.17) is 5.11 Å². The lowest BCUT2D eigenvalue weighted by Crippen LogP contribution is -2.46. The van der Waals surface area contributed by atoms with Crippen LogP contribution < -0.4 is 5.32 Å². The number of amides is 1. The van der Waals surface area contributed by atoms with Gasteiger partial charge >= 0.3 is 0 Å². The Morgan fingerprint density at radius 1 is 1.53 bits per heavy atom. The van der Waals surface area contributed by atoms with Crippen LogP contribution in [-0.4, -0.2) is 32.9 Å². The number of rotatable bonds is 5. The summed E-state index contributed by atoms with van der Waals surface area (Å²) in [4.78, 5) is 12.0. The summed E-state index contributed by atoms with van der Waals surface area (Å²) >= 11 is 0. The number of carbonyl (C=O) groups is 1. The monoisotopic (exact) mass is 239 g/mol. The van der Waals surface area contributed by atoms with Gasteiger partial charge in [0.25, 0.3) is 5.91 Å². The van der Waals surface area contributed by atoms with E-state index in [2.05, 4.69) is 10.4 Å². The fraction of sp³-hybridized carbons (Fsp3) is 0.667. The molecule has 1 amide bonds. The summed E-state index contributed by atoms with van der Waals surface area (Å²) in [6, 6.07) is 1.80. The van der Waals surface area contributed by atoms with Crippen molar-refractivity contribution in [3.8, 4) is 0 Å². The lowest BCUT2D eigenvalue weighted by Gasteiger charge is -2.23. The zero-order valence-electron chi connectivity index (χ0n) is 10.9. The molecule has 17 heavy (non-hydrogen) atoms. The maximum absolute atomic E-state index is 12.0. The van der Waals surface area contributed by atoms with Crippen molar-refractivity contribution >= 4 is 5.91 Å². The molecule has 0 radical (unpaired) electrons. The van der Waals surface area contributed by atoms with Gasteiger partial charge in [-0.1, -0.05) is 6.92 Å². The SMILES string of the molecule is CCc1cc(C(=O)NC(C)(C)CO)n(CC)n1. The molecule has 0 spiro atoms. The first-order valence-electron chi connectivity index (χ1n) is 5.93. The van der Waals surface area contributed by atoms with E-state index in [0.29, 0.717) is 12.2 Å². The Bertz CT molecular complexity index is 396. The summed E-state index contributed by atoms with van der Waals surface area (Å²) < 4.78 is 1.68. The molecule has 1 aromatic heterocycles. The average Bonchev–Trinajstić information content (AvgIpc) is 2.71. The van der Waals surface area contributed by atoms with E-state index in [0.717, 1.165) is 12.1 Å². The van der Waals surface area contributed by atoms with Crippen molar-refractivity contribution in [3.63, 3.8) is 0 Å². The van der Waals surface area contributed by atoms with Crippen LogP contribution in [0.3, 0.4) is 0 Å². The second-order valence-corrected chi connectivity index (χ2v) is 4.69. The van der Waals surface area contributed by atoms with Crippen LogP contribution in [0.25, 0.3) is 0 Å². The molecule has 5 heteroatoms. The Balaban J connectivity index is 2.91. The average molecular weight is 239 g/mol. The van der Waals surface area contributed by atoms with E-state index in [-0.39, 0.29) is 12.5 Å². The first-order chi connectivity index (χ1) is 7.93. The summed E-state index contributed by atoms with van der Waals surface area (Å²) in [5.74, 6) is -0.196. The molecule has 0 saturated heterocycles. The van der Waals surface area contributed by atoms with Gasteiger partial charge < -0.3 is 10.4 Å². The van der Waals surface area contributed by atoms with Crippen LogP contribution in [-0.2, 0) is 13.0 Å². The number of aliphatic hydroxyl groups is 1. The minimum atomic E-state index is -0.619. The number of nitrogens with one attached hydrogen (secondary N) is 1. The van der Waals surface area contributed by atoms with Gasteiger partial charge in [0.1, 0.15) is 5.69 Å². The van der Waals surface area contributed by atoms with E-state index in [1.54, 1.807) is 24.6 Å². The number of hydrogen-bond donors (Lipinski definition) is 2. The van der Waals surface area contributed by atoms with Crippen molar-refractivity contribution in [1.29, 1.82) is 0 Å². The van der Waals surface area contributed by atoms with Gasteiger partial charge in [-0.2, -0.15) is 5.10 Å². The number of hydrogen-bond acceptors (Lipinski definition) is 3. The Hall–Kier alpha value is -1.36. The van der Waals surface area contributed by atoms with Gasteiger partial charge in [-0.15, -0.1) is 0 Å². The highest BCUT2D eigenvalue weighted by Gasteiger charge is 2.22. The van der Waals surface area contributed by atoms with Gasteiger partial charge in [0.05, 0.1) is 17.8 Å². The highest BCUT2D eigenvalue weighted by atomic mass is 16.3. The van der Waals surface area contributed by atoms with E-state index in [1.807, 2.05) is 13.8 Å². The Kier molecular flexibility index (Phi) is 4.28. The Labute approximate surface area is 102 Å². The van der Waals surface area contributed by atoms with Crippen LogP contribution in [0.5, 0.6) is 0 Å². The molecule has 96 valence electrons. The third-order valence-corrected chi connectivity index (χ3v) is 2.57. The molecular weight excluding hydrogens is 218 g/mol. The van der Waals surface area contributed by atoms with E-state index in [9.17, 15) is 4.79 Å². The second-order valence-electron chi connectivity index (χ2n) is 4.69. The van der Waals surface area contributed by atoms with Crippen LogP contribution in [0, 0.1) is 0 Å². The van der Waals surface area contributed by atoms with Gasteiger partial charge in [0, 0.05) is 6.54 Å². The van der Waals surface area contributed by atoms with Crippen LogP contribution in [0.2, 0.25) is 0 Å². The topological polar surface area (TPSA) is 67.2 Å². The molecule has 0 atom stereocenters. The van der Waals surface area contributed by atoms with Crippen LogP contribution in [0.4, 0.5) is 0 Å². The zero-order chi connectivity index (χ0) is 13.1. The predicted molar refractivity (Wildman–Crippen MR) is 65.9 cm³/mol. The molecule has 0 aliphatic rings. The van der Waals surface area contributed by atoms with Gasteiger partial charge in [0.2, 0.25) is 0 Å². The summed E-state index contributed by atoms with van der Waals surface area (Å²) in [6.07, 6.45) is 0.802. The molecule has 0 saturated carbocycles. The minimum Gasteiger partial charge on any atom is -0.394 e. The highest BCUT2D eigenvalue weighted by molar-refractivity contribution is 5.93. The molecule has 2 N–H and O–H groups in total. The maximum atomic E-state index is 12.0. The second kappa shape index (κ2) is 5.31. The van der Waals surface area contributed by atoms with E-state index >= 15 is 0 Å². The van der Waals surface area contributed by atoms with E-state index < -0.39 is 5.54 Å². The van der Waals surface area contributed by atoms with Crippen molar-refractivity contribution in [3.05, 3.63) is 17.5 Å². The molecule has 0 unspecified atom stereocenters. The number of aromatic nitrogens is 2. The van der Waals surface area contributed by atoms with Crippen LogP contribution >= 0.6 is 0 Å². The largest absolute Gasteiger partial charge is 0.394 e. The minimum absolute atomic E-state index is 0.0976. The third-order valence-electron chi connectivity index (χ3n) is 2.57. The highest BCUT2D eigenvalue weighted by Crippen LogP contribution is 2.08. The first-order valence-corrected chi connectivity index (χ1v) is 5.93. The van der Waals surface area contributed by atoms with Crippen molar-refractivity contribution in [2.45, 2.75) is 46.2 Å². The molecule has 0 aliphatic carbocycles. The maximum Gasteiger partial charge on any atom is 0.270 e. The lowest BCUT2D eigenvalue weighted by atomic mass is 10.1. The third kappa shape index (κ3) is 3.30. The summed E-state index contributed by atoms with van der Waals surface area (Å²) in [6.45, 7) is 8.06. The summed E-state index contributed by atoms with van der Waals surface area (Å²) in [7, 11) is 0. The fourth-order valence-electron chi connectivity index (χ4n) is 1.48. The van der Waals surface area contributed by atoms with Gasteiger partial charge in [-0.05, 0) is 33.3 Å². The van der Waals surface area contributed by atoms with Gasteiger partial charge in [-0.25, -0.2) is 0 Å². The molecule has 1 aromatic rings. The van der Waals surface area contributed by atoms with Crippen molar-refractivity contribution in [1.82, 2.24) is 15.1 Å². The summed E-state index contributed by atoms with van der Waals surface area (Å²) in [5, 5.41) is 16.2. The molecule has 0 aliphatic heterocycles. The Morgan fingerprint density at radius 2 is 2.18 bits per heavy atom. The molecule has 0 aromatic carbocycles. The van der Waals surface area contributed by atoms with Gasteiger partial charge in [0.15, 0.2) is 0 Å². The van der Waals surface area contributed by atoms with Crippen molar-refractivity contribution < 1.29 is 9.90 Å². The van der Waals surface area contributed by atoms with E-state index in [1.165, 1.54) is 0 Å². The lowest BCUT2D eigenvalue weighted by molar-refractivity contribution is 0.0858.